The number of nitrogens with one attached hydrogen (secondary N) is 2. The Hall–Kier alpha value is -1.79. The minimum atomic E-state index is -0.949. The van der Waals surface area contributed by atoms with Gasteiger partial charge < -0.3 is 21.5 Å². The summed E-state index contributed by atoms with van der Waals surface area (Å²) < 4.78 is 0. The fourth-order valence-electron chi connectivity index (χ4n) is 1.20. The topological polar surface area (TPSA) is 122 Å². The van der Waals surface area contributed by atoms with Gasteiger partial charge in [0.2, 0.25) is 5.91 Å². The molecule has 0 spiro atoms. The molecular weight excluding hydrogens is 226 g/mol. The number of hydrogen-bond donors (Lipinski definition) is 4. The normalized spacial score (nSPS) is 13.5. The molecule has 98 valence electrons. The van der Waals surface area contributed by atoms with Gasteiger partial charge in [0.1, 0.15) is 6.04 Å². The average Bonchev–Trinajstić information content (AvgIpc) is 2.23. The third kappa shape index (κ3) is 6.39. The van der Waals surface area contributed by atoms with E-state index in [9.17, 15) is 14.4 Å². The molecule has 0 aromatic rings. The van der Waals surface area contributed by atoms with Crippen LogP contribution in [0, 0.1) is 5.92 Å². The number of carboxylic acids is 1. The monoisotopic (exact) mass is 245 g/mol. The third-order valence-corrected chi connectivity index (χ3v) is 2.27. The summed E-state index contributed by atoms with van der Waals surface area (Å²) in [4.78, 5) is 32.7. The number of primary amides is 1. The van der Waals surface area contributed by atoms with Crippen LogP contribution < -0.4 is 16.4 Å². The van der Waals surface area contributed by atoms with Crippen LogP contribution in [0.15, 0.2) is 0 Å². The van der Waals surface area contributed by atoms with Crippen molar-refractivity contribution in [2.24, 2.45) is 11.7 Å². The van der Waals surface area contributed by atoms with Gasteiger partial charge in [-0.25, -0.2) is 4.79 Å². The highest BCUT2D eigenvalue weighted by Crippen LogP contribution is 2.04. The summed E-state index contributed by atoms with van der Waals surface area (Å²) in [5.74, 6) is -2.21. The molecule has 3 amide bonds. The van der Waals surface area contributed by atoms with Gasteiger partial charge >= 0.3 is 12.0 Å². The molecule has 5 N–H and O–H groups in total. The van der Waals surface area contributed by atoms with E-state index in [4.69, 9.17) is 10.8 Å². The van der Waals surface area contributed by atoms with Crippen LogP contribution in [0.25, 0.3) is 0 Å². The zero-order chi connectivity index (χ0) is 13.4. The van der Waals surface area contributed by atoms with E-state index in [0.717, 1.165) is 6.42 Å². The number of urea groups is 1. The lowest BCUT2D eigenvalue weighted by Crippen LogP contribution is -2.48. The van der Waals surface area contributed by atoms with Crippen LogP contribution in [-0.2, 0) is 9.59 Å². The predicted octanol–water partition coefficient (Wildman–Crippen LogP) is -0.340. The predicted molar refractivity (Wildman–Crippen MR) is 61.2 cm³/mol. The van der Waals surface area contributed by atoms with E-state index in [1.54, 1.807) is 0 Å². The third-order valence-electron chi connectivity index (χ3n) is 2.27. The quantitative estimate of drug-likeness (QED) is 0.490. The highest BCUT2D eigenvalue weighted by Gasteiger charge is 2.18. The van der Waals surface area contributed by atoms with Crippen LogP contribution in [0.3, 0.4) is 0 Å². The minimum absolute atomic E-state index is 0.0283. The number of amides is 3. The van der Waals surface area contributed by atoms with Crippen molar-refractivity contribution >= 4 is 17.9 Å². The van der Waals surface area contributed by atoms with Crippen LogP contribution in [0.4, 0.5) is 4.79 Å². The molecule has 0 bridgehead atoms. The fourth-order valence-corrected chi connectivity index (χ4v) is 1.20. The second-order valence-electron chi connectivity index (χ2n) is 3.80. The Morgan fingerprint density at radius 1 is 1.35 bits per heavy atom. The van der Waals surface area contributed by atoms with E-state index >= 15 is 0 Å². The molecule has 7 nitrogen and oxygen atoms in total. The van der Waals surface area contributed by atoms with E-state index < -0.39 is 29.9 Å². The molecule has 0 aliphatic carbocycles. The first-order valence-corrected chi connectivity index (χ1v) is 5.45. The smallest absolute Gasteiger partial charge is 0.315 e. The van der Waals surface area contributed by atoms with Crippen molar-refractivity contribution in [3.8, 4) is 0 Å². The molecule has 0 radical (unpaired) electrons. The zero-order valence-corrected chi connectivity index (χ0v) is 10.0. The maximum atomic E-state index is 11.3. The molecule has 0 aromatic heterocycles. The standard InChI is InChI=1S/C10H19N3O4/c1-3-4-7(9(15)16)5-12-10(17)13-6(2)8(11)14/h6-7H,3-5H2,1-2H3,(H2,11,14)(H,15,16)(H2,12,13,17). The Kier molecular flexibility index (Phi) is 6.69. The number of carboxylic acid groups (broad SMARTS) is 1. The second kappa shape index (κ2) is 7.48. The number of hydrogen-bond acceptors (Lipinski definition) is 3. The highest BCUT2D eigenvalue weighted by atomic mass is 16.4. The minimum Gasteiger partial charge on any atom is -0.481 e. The van der Waals surface area contributed by atoms with Crippen molar-refractivity contribution in [2.45, 2.75) is 32.7 Å². The second-order valence-corrected chi connectivity index (χ2v) is 3.80. The van der Waals surface area contributed by atoms with Gasteiger partial charge in [0, 0.05) is 6.54 Å². The average molecular weight is 245 g/mol. The molecule has 0 saturated heterocycles. The molecule has 0 saturated carbocycles. The Labute approximate surface area is 99.7 Å². The summed E-state index contributed by atoms with van der Waals surface area (Å²) in [5, 5.41) is 13.5. The lowest BCUT2D eigenvalue weighted by Gasteiger charge is -2.14. The summed E-state index contributed by atoms with van der Waals surface area (Å²) >= 11 is 0. The van der Waals surface area contributed by atoms with Crippen molar-refractivity contribution in [1.29, 1.82) is 0 Å². The SMILES string of the molecule is CCCC(CNC(=O)NC(C)C(N)=O)C(=O)O. The Bertz CT molecular complexity index is 293. The number of carbonyl (C=O) groups is 3. The van der Waals surface area contributed by atoms with Crippen molar-refractivity contribution in [3.63, 3.8) is 0 Å². The number of nitrogens with two attached hydrogens (primary N) is 1. The summed E-state index contributed by atoms with van der Waals surface area (Å²) in [6.07, 6.45) is 1.21. The Morgan fingerprint density at radius 3 is 2.35 bits per heavy atom. The molecule has 0 aliphatic rings. The molecule has 2 atom stereocenters. The van der Waals surface area contributed by atoms with Crippen molar-refractivity contribution < 1.29 is 19.5 Å². The van der Waals surface area contributed by atoms with Gasteiger partial charge in [-0.15, -0.1) is 0 Å². The van der Waals surface area contributed by atoms with Gasteiger partial charge in [0.15, 0.2) is 0 Å². The van der Waals surface area contributed by atoms with Crippen LogP contribution in [0.2, 0.25) is 0 Å². The van der Waals surface area contributed by atoms with Crippen LogP contribution in [-0.4, -0.2) is 35.6 Å². The summed E-state index contributed by atoms with van der Waals surface area (Å²) in [6.45, 7) is 3.34. The number of aliphatic carboxylic acids is 1. The lowest BCUT2D eigenvalue weighted by atomic mass is 10.0. The first-order valence-electron chi connectivity index (χ1n) is 5.45. The molecule has 0 heterocycles. The molecule has 0 fully saturated rings. The molecule has 0 aromatic carbocycles. The Balaban J connectivity index is 4.04. The van der Waals surface area contributed by atoms with Gasteiger partial charge in [0.05, 0.1) is 5.92 Å². The molecule has 0 rings (SSSR count). The van der Waals surface area contributed by atoms with E-state index in [1.807, 2.05) is 6.92 Å². The van der Waals surface area contributed by atoms with E-state index in [1.165, 1.54) is 6.92 Å². The highest BCUT2D eigenvalue weighted by molar-refractivity contribution is 5.85. The van der Waals surface area contributed by atoms with Crippen molar-refractivity contribution in [3.05, 3.63) is 0 Å². The van der Waals surface area contributed by atoms with E-state index in [2.05, 4.69) is 10.6 Å². The maximum absolute atomic E-state index is 11.3. The van der Waals surface area contributed by atoms with Crippen molar-refractivity contribution in [2.75, 3.05) is 6.54 Å². The summed E-state index contributed by atoms with van der Waals surface area (Å²) in [5.41, 5.74) is 4.96. The van der Waals surface area contributed by atoms with Gasteiger partial charge in [-0.1, -0.05) is 13.3 Å². The summed E-state index contributed by atoms with van der Waals surface area (Å²) in [7, 11) is 0. The molecule has 2 unspecified atom stereocenters. The fraction of sp³-hybridized carbons (Fsp3) is 0.700. The maximum Gasteiger partial charge on any atom is 0.315 e. The van der Waals surface area contributed by atoms with Gasteiger partial charge in [-0.05, 0) is 13.3 Å². The summed E-state index contributed by atoms with van der Waals surface area (Å²) in [6, 6.07) is -1.39. The van der Waals surface area contributed by atoms with Crippen LogP contribution in [0.1, 0.15) is 26.7 Å². The molecular formula is C10H19N3O4. The van der Waals surface area contributed by atoms with Gasteiger partial charge in [-0.2, -0.15) is 0 Å². The van der Waals surface area contributed by atoms with E-state index in [-0.39, 0.29) is 6.54 Å². The molecule has 7 heteroatoms. The molecule has 0 aliphatic heterocycles. The number of rotatable bonds is 7. The zero-order valence-electron chi connectivity index (χ0n) is 10.0. The van der Waals surface area contributed by atoms with Crippen molar-refractivity contribution in [1.82, 2.24) is 10.6 Å². The first kappa shape index (κ1) is 15.2. The van der Waals surface area contributed by atoms with Crippen LogP contribution in [0.5, 0.6) is 0 Å². The molecule has 17 heavy (non-hydrogen) atoms. The van der Waals surface area contributed by atoms with E-state index in [0.29, 0.717) is 6.42 Å². The first-order chi connectivity index (χ1) is 7.88. The Morgan fingerprint density at radius 2 is 1.94 bits per heavy atom. The van der Waals surface area contributed by atoms with Gasteiger partial charge in [0.25, 0.3) is 0 Å². The number of carbonyl (C=O) groups excluding carboxylic acids is 2. The lowest BCUT2D eigenvalue weighted by molar-refractivity contribution is -0.141. The largest absolute Gasteiger partial charge is 0.481 e. The van der Waals surface area contributed by atoms with Gasteiger partial charge in [-0.3, -0.25) is 9.59 Å². The van der Waals surface area contributed by atoms with Crippen LogP contribution >= 0.6 is 0 Å².